The summed E-state index contributed by atoms with van der Waals surface area (Å²) in [7, 11) is -7.82. The van der Waals surface area contributed by atoms with E-state index in [1.807, 2.05) is 0 Å². The van der Waals surface area contributed by atoms with Gasteiger partial charge in [-0.1, -0.05) is 38.5 Å². The van der Waals surface area contributed by atoms with Gasteiger partial charge in [-0.05, 0) is 62.8 Å². The van der Waals surface area contributed by atoms with E-state index in [1.54, 1.807) is 24.2 Å². The van der Waals surface area contributed by atoms with E-state index in [0.29, 0.717) is 5.56 Å². The van der Waals surface area contributed by atoms with E-state index in [2.05, 4.69) is 0 Å². The molecule has 0 bridgehead atoms. The highest BCUT2D eigenvalue weighted by Crippen LogP contribution is 2.36. The second-order valence-electron chi connectivity index (χ2n) is 8.35. The highest BCUT2D eigenvalue weighted by molar-refractivity contribution is 7.90. The third-order valence-electron chi connectivity index (χ3n) is 6.19. The standard InChI is InChI=1S/C20H32N2O4S2/c1-15-13-19(27(21,23)24)16(2)20(14-15)28(25,26)22(17-9-5-3-6-10-17)18-11-7-4-8-12-18/h13-14,17-18H,3-12H2,1-2H3,(H2,21,23,24). The molecule has 6 nitrogen and oxygen atoms in total. The lowest BCUT2D eigenvalue weighted by Crippen LogP contribution is -2.48. The highest BCUT2D eigenvalue weighted by atomic mass is 32.2. The fraction of sp³-hybridized carbons (Fsp3) is 0.700. The van der Waals surface area contributed by atoms with Crippen molar-refractivity contribution in [2.75, 3.05) is 0 Å². The van der Waals surface area contributed by atoms with Gasteiger partial charge < -0.3 is 0 Å². The van der Waals surface area contributed by atoms with Crippen LogP contribution in [0.5, 0.6) is 0 Å². The number of benzene rings is 1. The molecule has 3 rings (SSSR count). The maximum absolute atomic E-state index is 13.9. The first-order chi connectivity index (χ1) is 13.1. The Morgan fingerprint density at radius 3 is 1.64 bits per heavy atom. The third kappa shape index (κ3) is 4.45. The monoisotopic (exact) mass is 428 g/mol. The van der Waals surface area contributed by atoms with Crippen molar-refractivity contribution in [2.45, 2.75) is 99.9 Å². The van der Waals surface area contributed by atoms with Crippen LogP contribution in [0.25, 0.3) is 0 Å². The third-order valence-corrected chi connectivity index (χ3v) is 9.36. The largest absolute Gasteiger partial charge is 0.243 e. The minimum absolute atomic E-state index is 0.000282. The van der Waals surface area contributed by atoms with Crippen LogP contribution >= 0.6 is 0 Å². The zero-order chi connectivity index (χ0) is 20.5. The van der Waals surface area contributed by atoms with Crippen molar-refractivity contribution in [3.05, 3.63) is 23.3 Å². The van der Waals surface area contributed by atoms with Gasteiger partial charge in [0.25, 0.3) is 0 Å². The van der Waals surface area contributed by atoms with Gasteiger partial charge in [0.2, 0.25) is 20.0 Å². The van der Waals surface area contributed by atoms with Crippen molar-refractivity contribution in [1.29, 1.82) is 0 Å². The normalized spacial score (nSPS) is 20.6. The molecular weight excluding hydrogens is 396 g/mol. The summed E-state index contributed by atoms with van der Waals surface area (Å²) in [5, 5.41) is 5.36. The van der Waals surface area contributed by atoms with Gasteiger partial charge in [0.05, 0.1) is 9.79 Å². The molecule has 2 N–H and O–H groups in total. The van der Waals surface area contributed by atoms with Gasteiger partial charge in [-0.2, -0.15) is 4.31 Å². The summed E-state index contributed by atoms with van der Waals surface area (Å²) < 4.78 is 53.6. The lowest BCUT2D eigenvalue weighted by atomic mass is 9.91. The second-order valence-corrected chi connectivity index (χ2v) is 11.7. The van der Waals surface area contributed by atoms with Gasteiger partial charge >= 0.3 is 0 Å². The van der Waals surface area contributed by atoms with Crippen LogP contribution in [0, 0.1) is 13.8 Å². The molecule has 28 heavy (non-hydrogen) atoms. The number of nitrogens with zero attached hydrogens (tertiary/aromatic N) is 1. The summed E-state index contributed by atoms with van der Waals surface area (Å²) in [5.41, 5.74) is 0.810. The van der Waals surface area contributed by atoms with Gasteiger partial charge in [0.1, 0.15) is 0 Å². The summed E-state index contributed by atoms with van der Waals surface area (Å²) in [6.45, 7) is 3.25. The van der Waals surface area contributed by atoms with Crippen molar-refractivity contribution in [3.63, 3.8) is 0 Å². The lowest BCUT2D eigenvalue weighted by molar-refractivity contribution is 0.169. The van der Waals surface area contributed by atoms with Crippen molar-refractivity contribution >= 4 is 20.0 Å². The molecule has 1 aromatic carbocycles. The fourth-order valence-corrected chi connectivity index (χ4v) is 8.05. The van der Waals surface area contributed by atoms with Crippen molar-refractivity contribution in [3.8, 4) is 0 Å². The molecule has 2 fully saturated rings. The van der Waals surface area contributed by atoms with Crippen LogP contribution in [0.1, 0.15) is 75.3 Å². The quantitative estimate of drug-likeness (QED) is 0.774. The molecule has 1 aromatic rings. The van der Waals surface area contributed by atoms with Gasteiger partial charge in [-0.15, -0.1) is 0 Å². The zero-order valence-corrected chi connectivity index (χ0v) is 18.5. The van der Waals surface area contributed by atoms with Gasteiger partial charge in [0.15, 0.2) is 0 Å². The van der Waals surface area contributed by atoms with E-state index in [9.17, 15) is 16.8 Å². The molecule has 0 unspecified atom stereocenters. The molecule has 0 aromatic heterocycles. The number of nitrogens with two attached hydrogens (primary N) is 1. The Balaban J connectivity index is 2.12. The van der Waals surface area contributed by atoms with Gasteiger partial charge in [-0.25, -0.2) is 22.0 Å². The van der Waals surface area contributed by atoms with Crippen LogP contribution in [0.2, 0.25) is 0 Å². The van der Waals surface area contributed by atoms with Crippen LogP contribution in [0.4, 0.5) is 0 Å². The number of aryl methyl sites for hydroxylation is 1. The predicted octanol–water partition coefficient (Wildman–Crippen LogP) is 3.61. The number of hydrogen-bond donors (Lipinski definition) is 1. The molecule has 158 valence electrons. The van der Waals surface area contributed by atoms with Crippen LogP contribution in [-0.2, 0) is 20.0 Å². The molecule has 0 amide bonds. The molecule has 2 saturated carbocycles. The van der Waals surface area contributed by atoms with Gasteiger partial charge in [-0.3, -0.25) is 0 Å². The van der Waals surface area contributed by atoms with E-state index < -0.39 is 20.0 Å². The SMILES string of the molecule is Cc1cc(S(N)(=O)=O)c(C)c(S(=O)(=O)N(C2CCCCC2)C2CCCCC2)c1. The molecular formula is C20H32N2O4S2. The maximum Gasteiger partial charge on any atom is 0.243 e. The minimum Gasteiger partial charge on any atom is -0.225 e. The van der Waals surface area contributed by atoms with Crippen molar-refractivity contribution in [1.82, 2.24) is 4.31 Å². The van der Waals surface area contributed by atoms with E-state index >= 15 is 0 Å². The predicted molar refractivity (Wildman–Crippen MR) is 110 cm³/mol. The van der Waals surface area contributed by atoms with Gasteiger partial charge in [0, 0.05) is 12.1 Å². The second kappa shape index (κ2) is 8.42. The number of primary sulfonamides is 1. The van der Waals surface area contributed by atoms with E-state index in [0.717, 1.165) is 64.2 Å². The summed E-state index contributed by atoms with van der Waals surface area (Å²) in [6, 6.07) is 3.05. The summed E-state index contributed by atoms with van der Waals surface area (Å²) in [4.78, 5) is -0.00835. The molecule has 0 saturated heterocycles. The Kier molecular flexibility index (Phi) is 6.54. The molecule has 0 aliphatic heterocycles. The number of rotatable bonds is 5. The van der Waals surface area contributed by atoms with Crippen LogP contribution in [0.15, 0.2) is 21.9 Å². The van der Waals surface area contributed by atoms with Crippen LogP contribution < -0.4 is 5.14 Å². The van der Waals surface area contributed by atoms with E-state index in [1.165, 1.54) is 6.07 Å². The molecule has 8 heteroatoms. The Hall–Kier alpha value is -0.960. The minimum atomic E-state index is -4.00. The van der Waals surface area contributed by atoms with Crippen LogP contribution in [0.3, 0.4) is 0 Å². The smallest absolute Gasteiger partial charge is 0.225 e. The molecule has 0 heterocycles. The first kappa shape index (κ1) is 21.7. The summed E-state index contributed by atoms with van der Waals surface area (Å²) in [5.74, 6) is 0. The topological polar surface area (TPSA) is 97.5 Å². The number of sulfonamides is 2. The highest BCUT2D eigenvalue weighted by Gasteiger charge is 2.39. The Morgan fingerprint density at radius 2 is 1.21 bits per heavy atom. The lowest BCUT2D eigenvalue weighted by Gasteiger charge is -2.40. The summed E-state index contributed by atoms with van der Waals surface area (Å²) >= 11 is 0. The van der Waals surface area contributed by atoms with E-state index in [4.69, 9.17) is 5.14 Å². The van der Waals surface area contributed by atoms with E-state index in [-0.39, 0.29) is 27.4 Å². The average molecular weight is 429 g/mol. The Bertz CT molecular complexity index is 896. The number of hydrogen-bond acceptors (Lipinski definition) is 4. The Labute approximate surface area is 169 Å². The molecule has 0 atom stereocenters. The molecule has 0 radical (unpaired) electrons. The zero-order valence-electron chi connectivity index (χ0n) is 16.9. The fourth-order valence-electron chi connectivity index (χ4n) is 4.83. The van der Waals surface area contributed by atoms with Crippen LogP contribution in [-0.4, -0.2) is 33.2 Å². The first-order valence-electron chi connectivity index (χ1n) is 10.3. The summed E-state index contributed by atoms with van der Waals surface area (Å²) in [6.07, 6.45) is 9.97. The van der Waals surface area contributed by atoms with Crippen molar-refractivity contribution < 1.29 is 16.8 Å². The molecule has 2 aliphatic carbocycles. The van der Waals surface area contributed by atoms with Crippen molar-refractivity contribution in [2.24, 2.45) is 5.14 Å². The molecule has 2 aliphatic rings. The maximum atomic E-state index is 13.9. The average Bonchev–Trinajstić information content (AvgIpc) is 2.64. The first-order valence-corrected chi connectivity index (χ1v) is 13.3. The Morgan fingerprint density at radius 1 is 0.786 bits per heavy atom. The molecule has 0 spiro atoms.